The van der Waals surface area contributed by atoms with E-state index >= 15 is 0 Å². The number of halogens is 1. The van der Waals surface area contributed by atoms with Gasteiger partial charge in [0.25, 0.3) is 0 Å². The fraction of sp³-hybridized carbons (Fsp3) is 0.333. The van der Waals surface area contributed by atoms with E-state index in [2.05, 4.69) is 5.10 Å². The van der Waals surface area contributed by atoms with Crippen LogP contribution in [0.15, 0.2) is 24.3 Å². The van der Waals surface area contributed by atoms with Gasteiger partial charge in [-0.15, -0.1) is 0 Å². The summed E-state index contributed by atoms with van der Waals surface area (Å²) < 4.78 is 1.67. The zero-order valence-corrected chi connectivity index (χ0v) is 12.4. The Morgan fingerprint density at radius 3 is 2.50 bits per heavy atom. The van der Waals surface area contributed by atoms with Gasteiger partial charge in [0.1, 0.15) is 0 Å². The van der Waals surface area contributed by atoms with E-state index in [-0.39, 0.29) is 12.2 Å². The number of hydrogen-bond acceptors (Lipinski definition) is 3. The summed E-state index contributed by atoms with van der Waals surface area (Å²) in [6.07, 6.45) is 1.08. The minimum atomic E-state index is 0.0363. The number of ketones is 1. The van der Waals surface area contributed by atoms with E-state index in [0.29, 0.717) is 17.1 Å². The highest BCUT2D eigenvalue weighted by atomic mass is 35.5. The van der Waals surface area contributed by atoms with Gasteiger partial charge < -0.3 is 5.73 Å². The highest BCUT2D eigenvalue weighted by Crippen LogP contribution is 2.21. The topological polar surface area (TPSA) is 60.9 Å². The molecule has 0 aliphatic heterocycles. The van der Waals surface area contributed by atoms with Gasteiger partial charge >= 0.3 is 0 Å². The molecule has 1 aromatic heterocycles. The van der Waals surface area contributed by atoms with Gasteiger partial charge in [-0.3, -0.25) is 9.48 Å². The summed E-state index contributed by atoms with van der Waals surface area (Å²) >= 11 is 6.16. The molecular formula is C15H18ClN3O. The van der Waals surface area contributed by atoms with E-state index in [9.17, 15) is 4.79 Å². The molecule has 0 bridgehead atoms. The molecule has 0 spiro atoms. The quantitative estimate of drug-likeness (QED) is 0.860. The number of nitrogens with zero attached hydrogens (tertiary/aromatic N) is 2. The highest BCUT2D eigenvalue weighted by Gasteiger charge is 2.15. The molecule has 0 amide bonds. The lowest BCUT2D eigenvalue weighted by atomic mass is 10.0. The van der Waals surface area contributed by atoms with Gasteiger partial charge in [0.15, 0.2) is 5.78 Å². The second-order valence-electron chi connectivity index (χ2n) is 4.81. The standard InChI is InChI=1S/C15H18ClN3O/c1-10-15(16)13(19(2)18-10)9-14(20)12-5-3-11(4-6-12)7-8-17/h3-6H,7-9,17H2,1-2H3. The van der Waals surface area contributed by atoms with E-state index in [0.717, 1.165) is 23.4 Å². The van der Waals surface area contributed by atoms with Crippen LogP contribution in [-0.2, 0) is 19.9 Å². The van der Waals surface area contributed by atoms with Crippen LogP contribution in [0.2, 0.25) is 5.02 Å². The molecular weight excluding hydrogens is 274 g/mol. The molecule has 0 unspecified atom stereocenters. The van der Waals surface area contributed by atoms with Gasteiger partial charge in [-0.25, -0.2) is 0 Å². The molecule has 1 aromatic carbocycles. The number of carbonyl (C=O) groups excluding carboxylic acids is 1. The van der Waals surface area contributed by atoms with E-state index in [1.54, 1.807) is 11.7 Å². The molecule has 5 heteroatoms. The molecule has 20 heavy (non-hydrogen) atoms. The molecule has 2 aromatic rings. The van der Waals surface area contributed by atoms with Crippen LogP contribution in [0.3, 0.4) is 0 Å². The average Bonchev–Trinajstić information content (AvgIpc) is 2.66. The second kappa shape index (κ2) is 6.20. The fourth-order valence-corrected chi connectivity index (χ4v) is 2.38. The molecule has 2 rings (SSSR count). The Bertz CT molecular complexity index is 617. The van der Waals surface area contributed by atoms with Crippen molar-refractivity contribution in [3.8, 4) is 0 Å². The largest absolute Gasteiger partial charge is 0.330 e. The van der Waals surface area contributed by atoms with Gasteiger partial charge in [-0.2, -0.15) is 5.10 Å². The maximum Gasteiger partial charge on any atom is 0.168 e. The number of aromatic nitrogens is 2. The van der Waals surface area contributed by atoms with Crippen LogP contribution in [0.5, 0.6) is 0 Å². The second-order valence-corrected chi connectivity index (χ2v) is 5.18. The van der Waals surface area contributed by atoms with Gasteiger partial charge in [0.2, 0.25) is 0 Å². The predicted octanol–water partition coefficient (Wildman–Crippen LogP) is 2.31. The molecule has 0 aliphatic rings. The molecule has 4 nitrogen and oxygen atoms in total. The molecule has 0 radical (unpaired) electrons. The zero-order chi connectivity index (χ0) is 14.7. The van der Waals surface area contributed by atoms with Crippen molar-refractivity contribution in [2.75, 3.05) is 6.54 Å². The van der Waals surface area contributed by atoms with Crippen molar-refractivity contribution in [2.24, 2.45) is 12.8 Å². The number of hydrogen-bond donors (Lipinski definition) is 1. The van der Waals surface area contributed by atoms with Crippen LogP contribution in [0.4, 0.5) is 0 Å². The summed E-state index contributed by atoms with van der Waals surface area (Å²) in [7, 11) is 1.80. The molecule has 0 aliphatic carbocycles. The van der Waals surface area contributed by atoms with Gasteiger partial charge in [-0.05, 0) is 25.5 Å². The summed E-state index contributed by atoms with van der Waals surface area (Å²) in [4.78, 5) is 12.3. The predicted molar refractivity (Wildman–Crippen MR) is 80.2 cm³/mol. The van der Waals surface area contributed by atoms with Gasteiger partial charge in [0.05, 0.1) is 22.8 Å². The van der Waals surface area contributed by atoms with Crippen molar-refractivity contribution in [3.63, 3.8) is 0 Å². The Hall–Kier alpha value is -1.65. The first kappa shape index (κ1) is 14.8. The molecule has 0 fully saturated rings. The average molecular weight is 292 g/mol. The van der Waals surface area contributed by atoms with Crippen LogP contribution in [-0.4, -0.2) is 22.1 Å². The van der Waals surface area contributed by atoms with Gasteiger partial charge in [0, 0.05) is 12.6 Å². The van der Waals surface area contributed by atoms with Gasteiger partial charge in [-0.1, -0.05) is 35.9 Å². The maximum atomic E-state index is 12.3. The number of Topliss-reactive ketones (excluding diaryl/α,β-unsaturated/α-hetero) is 1. The van der Waals surface area contributed by atoms with Crippen LogP contribution < -0.4 is 5.73 Å². The Morgan fingerprint density at radius 2 is 2.00 bits per heavy atom. The highest BCUT2D eigenvalue weighted by molar-refractivity contribution is 6.32. The SMILES string of the molecule is Cc1nn(C)c(CC(=O)c2ccc(CCN)cc2)c1Cl. The van der Waals surface area contributed by atoms with Crippen molar-refractivity contribution < 1.29 is 4.79 Å². The first-order chi connectivity index (χ1) is 9.52. The smallest absolute Gasteiger partial charge is 0.168 e. The number of rotatable bonds is 5. The summed E-state index contributed by atoms with van der Waals surface area (Å²) in [5, 5.41) is 4.78. The van der Waals surface area contributed by atoms with Crippen molar-refractivity contribution in [2.45, 2.75) is 19.8 Å². The first-order valence-electron chi connectivity index (χ1n) is 6.53. The van der Waals surface area contributed by atoms with Crippen molar-refractivity contribution in [3.05, 3.63) is 51.8 Å². The monoisotopic (exact) mass is 291 g/mol. The summed E-state index contributed by atoms with van der Waals surface area (Å²) in [6, 6.07) is 7.56. The Kier molecular flexibility index (Phi) is 4.57. The van der Waals surface area contributed by atoms with Crippen molar-refractivity contribution >= 4 is 17.4 Å². The molecule has 106 valence electrons. The number of nitrogens with two attached hydrogens (primary N) is 1. The number of benzene rings is 1. The van der Waals surface area contributed by atoms with Crippen molar-refractivity contribution in [1.82, 2.24) is 9.78 Å². The third kappa shape index (κ3) is 3.08. The summed E-state index contributed by atoms with van der Waals surface area (Å²) in [5.74, 6) is 0.0363. The summed E-state index contributed by atoms with van der Waals surface area (Å²) in [6.45, 7) is 2.44. The zero-order valence-electron chi connectivity index (χ0n) is 11.7. The third-order valence-electron chi connectivity index (χ3n) is 3.30. The maximum absolute atomic E-state index is 12.3. The lowest BCUT2D eigenvalue weighted by Crippen LogP contribution is -2.09. The third-order valence-corrected chi connectivity index (χ3v) is 3.79. The molecule has 2 N–H and O–H groups in total. The van der Waals surface area contributed by atoms with E-state index in [4.69, 9.17) is 17.3 Å². The Balaban J connectivity index is 2.15. The van der Waals surface area contributed by atoms with E-state index in [1.807, 2.05) is 31.2 Å². The molecule has 0 atom stereocenters. The number of aryl methyl sites for hydroxylation is 2. The number of carbonyl (C=O) groups is 1. The molecule has 1 heterocycles. The minimum absolute atomic E-state index is 0.0363. The molecule has 0 saturated carbocycles. The van der Waals surface area contributed by atoms with E-state index < -0.39 is 0 Å². The first-order valence-corrected chi connectivity index (χ1v) is 6.91. The minimum Gasteiger partial charge on any atom is -0.330 e. The van der Waals surface area contributed by atoms with E-state index in [1.165, 1.54) is 0 Å². The Labute approximate surface area is 123 Å². The van der Waals surface area contributed by atoms with Crippen LogP contribution in [0.1, 0.15) is 27.3 Å². The summed E-state index contributed by atoms with van der Waals surface area (Å²) in [5.41, 5.74) is 8.82. The van der Waals surface area contributed by atoms with Crippen LogP contribution in [0.25, 0.3) is 0 Å². The fourth-order valence-electron chi connectivity index (χ4n) is 2.15. The molecule has 0 saturated heterocycles. The van der Waals surface area contributed by atoms with Crippen molar-refractivity contribution in [1.29, 1.82) is 0 Å². The van der Waals surface area contributed by atoms with Crippen LogP contribution in [0, 0.1) is 6.92 Å². The lowest BCUT2D eigenvalue weighted by molar-refractivity contribution is 0.0990. The van der Waals surface area contributed by atoms with Crippen LogP contribution >= 0.6 is 11.6 Å². The Morgan fingerprint density at radius 1 is 1.35 bits per heavy atom. The normalized spacial score (nSPS) is 10.8. The lowest BCUT2D eigenvalue weighted by Gasteiger charge is -2.04.